The number of carbonyl (C=O) groups excluding carboxylic acids is 1. The highest BCUT2D eigenvalue weighted by atomic mass is 16.3. The molecule has 2 aromatic rings. The first-order valence-corrected chi connectivity index (χ1v) is 10.6. The van der Waals surface area contributed by atoms with E-state index < -0.39 is 0 Å². The summed E-state index contributed by atoms with van der Waals surface area (Å²) in [5.41, 5.74) is 3.69. The lowest BCUT2D eigenvalue weighted by molar-refractivity contribution is -0.0227. The maximum Gasteiger partial charge on any atom is 0.193 e. The van der Waals surface area contributed by atoms with E-state index in [-0.39, 0.29) is 23.1 Å². The van der Waals surface area contributed by atoms with E-state index in [9.17, 15) is 15.0 Å². The average molecular weight is 376 g/mol. The Morgan fingerprint density at radius 1 is 1.07 bits per heavy atom. The van der Waals surface area contributed by atoms with Crippen molar-refractivity contribution in [1.29, 1.82) is 0 Å². The topological polar surface area (TPSA) is 57.5 Å². The summed E-state index contributed by atoms with van der Waals surface area (Å²) >= 11 is 0. The second kappa shape index (κ2) is 6.45. The lowest BCUT2D eigenvalue weighted by atomic mass is 9.55. The Labute approximate surface area is 166 Å². The summed E-state index contributed by atoms with van der Waals surface area (Å²) in [5, 5.41) is 20.9. The molecule has 2 aromatic carbocycles. The van der Waals surface area contributed by atoms with Crippen LogP contribution in [0.3, 0.4) is 0 Å². The summed E-state index contributed by atoms with van der Waals surface area (Å²) < 4.78 is 0. The highest BCUT2D eigenvalue weighted by molar-refractivity contribution is 6.10. The van der Waals surface area contributed by atoms with E-state index in [0.717, 1.165) is 44.1 Å². The molecule has 0 heterocycles. The van der Waals surface area contributed by atoms with Gasteiger partial charge in [-0.1, -0.05) is 37.3 Å². The molecule has 2 saturated carbocycles. The molecule has 0 bridgehead atoms. The maximum absolute atomic E-state index is 13.3. The second-order valence-electron chi connectivity index (χ2n) is 9.31. The maximum atomic E-state index is 13.3. The molecule has 5 atom stereocenters. The Morgan fingerprint density at radius 3 is 2.64 bits per heavy atom. The minimum Gasteiger partial charge on any atom is -0.508 e. The van der Waals surface area contributed by atoms with Gasteiger partial charge in [0.05, 0.1) is 6.10 Å². The van der Waals surface area contributed by atoms with E-state index in [4.69, 9.17) is 0 Å². The molecule has 28 heavy (non-hydrogen) atoms. The molecular formula is C25H28O3. The van der Waals surface area contributed by atoms with E-state index >= 15 is 0 Å². The molecule has 0 saturated heterocycles. The van der Waals surface area contributed by atoms with Gasteiger partial charge in [0.15, 0.2) is 5.78 Å². The van der Waals surface area contributed by atoms with Gasteiger partial charge in [-0.15, -0.1) is 0 Å². The molecule has 0 unspecified atom stereocenters. The van der Waals surface area contributed by atoms with Crippen LogP contribution in [0.15, 0.2) is 42.5 Å². The molecule has 3 heteroatoms. The van der Waals surface area contributed by atoms with Gasteiger partial charge in [0, 0.05) is 11.1 Å². The zero-order valence-corrected chi connectivity index (χ0v) is 16.4. The van der Waals surface area contributed by atoms with Crippen LogP contribution in [0.5, 0.6) is 5.75 Å². The van der Waals surface area contributed by atoms with Gasteiger partial charge in [0.1, 0.15) is 5.75 Å². The van der Waals surface area contributed by atoms with Gasteiger partial charge < -0.3 is 10.2 Å². The summed E-state index contributed by atoms with van der Waals surface area (Å²) in [6, 6.07) is 12.9. The fraction of sp³-hybridized carbons (Fsp3) is 0.480. The lowest BCUT2D eigenvalue weighted by Crippen LogP contribution is -2.44. The summed E-state index contributed by atoms with van der Waals surface area (Å²) in [6.45, 7) is 2.27. The Kier molecular flexibility index (Phi) is 4.13. The molecule has 0 radical (unpaired) electrons. The van der Waals surface area contributed by atoms with E-state index in [0.29, 0.717) is 28.9 Å². The van der Waals surface area contributed by atoms with Gasteiger partial charge in [0.25, 0.3) is 0 Å². The van der Waals surface area contributed by atoms with Crippen LogP contribution in [0.1, 0.15) is 72.0 Å². The van der Waals surface area contributed by atoms with Crippen LogP contribution in [0.25, 0.3) is 0 Å². The van der Waals surface area contributed by atoms with Crippen LogP contribution in [-0.4, -0.2) is 22.1 Å². The van der Waals surface area contributed by atoms with Crippen molar-refractivity contribution in [3.05, 3.63) is 64.7 Å². The van der Waals surface area contributed by atoms with Crippen LogP contribution in [-0.2, 0) is 6.42 Å². The molecular weight excluding hydrogens is 348 g/mol. The molecule has 3 aliphatic rings. The Balaban J connectivity index is 1.60. The highest BCUT2D eigenvalue weighted by Crippen LogP contribution is 2.61. The monoisotopic (exact) mass is 376 g/mol. The Bertz CT molecular complexity index is 919. The van der Waals surface area contributed by atoms with Crippen molar-refractivity contribution in [3.8, 4) is 5.75 Å². The van der Waals surface area contributed by atoms with Gasteiger partial charge in [0.2, 0.25) is 0 Å². The normalized spacial score (nSPS) is 33.6. The van der Waals surface area contributed by atoms with Crippen molar-refractivity contribution in [1.82, 2.24) is 0 Å². The van der Waals surface area contributed by atoms with E-state index in [1.807, 2.05) is 36.4 Å². The molecule has 0 aromatic heterocycles. The number of aliphatic hydroxyl groups excluding tert-OH is 1. The number of carbonyl (C=O) groups is 1. The third-order valence-electron chi connectivity index (χ3n) is 8.04. The number of phenols is 1. The van der Waals surface area contributed by atoms with Crippen LogP contribution in [0, 0.1) is 17.3 Å². The highest BCUT2D eigenvalue weighted by Gasteiger charge is 2.54. The largest absolute Gasteiger partial charge is 0.508 e. The molecule has 0 aliphatic heterocycles. The molecule has 146 valence electrons. The lowest BCUT2D eigenvalue weighted by Gasteiger charge is -2.50. The van der Waals surface area contributed by atoms with Crippen molar-refractivity contribution in [2.45, 2.75) is 57.5 Å². The first kappa shape index (κ1) is 17.9. The number of aryl methyl sites for hydroxylation is 1. The fourth-order valence-electron chi connectivity index (χ4n) is 6.62. The molecule has 0 amide bonds. The summed E-state index contributed by atoms with van der Waals surface area (Å²) in [5.74, 6) is 1.61. The van der Waals surface area contributed by atoms with Crippen molar-refractivity contribution in [3.63, 3.8) is 0 Å². The van der Waals surface area contributed by atoms with Crippen LogP contribution in [0.2, 0.25) is 0 Å². The molecule has 0 spiro atoms. The van der Waals surface area contributed by atoms with Crippen molar-refractivity contribution >= 4 is 5.78 Å². The SMILES string of the molecule is C[C@]12CC[C@@H]3c4c(cc(O)cc4C(=O)c4ccccc4)CC[C@H]3[C@@H]1CC[C@@H]2O. The number of aliphatic hydroxyl groups is 1. The number of fused-ring (bicyclic) bond motifs is 5. The third-order valence-corrected chi connectivity index (χ3v) is 8.04. The smallest absolute Gasteiger partial charge is 0.193 e. The van der Waals surface area contributed by atoms with Gasteiger partial charge in [-0.05, 0) is 85.0 Å². The average Bonchev–Trinajstić information content (AvgIpc) is 3.02. The van der Waals surface area contributed by atoms with Gasteiger partial charge in [-0.3, -0.25) is 4.79 Å². The minimum atomic E-state index is -0.190. The molecule has 3 nitrogen and oxygen atoms in total. The van der Waals surface area contributed by atoms with E-state index in [1.54, 1.807) is 6.07 Å². The van der Waals surface area contributed by atoms with Crippen molar-refractivity contribution in [2.75, 3.05) is 0 Å². The quantitative estimate of drug-likeness (QED) is 0.738. The number of rotatable bonds is 2. The molecule has 3 aliphatic carbocycles. The predicted octanol–water partition coefficient (Wildman–Crippen LogP) is 4.84. The fourth-order valence-corrected chi connectivity index (χ4v) is 6.62. The first-order chi connectivity index (χ1) is 13.5. The van der Waals surface area contributed by atoms with Crippen molar-refractivity contribution < 1.29 is 15.0 Å². The Hall–Kier alpha value is -2.13. The van der Waals surface area contributed by atoms with Gasteiger partial charge in [-0.25, -0.2) is 0 Å². The van der Waals surface area contributed by atoms with E-state index in [2.05, 4.69) is 6.92 Å². The summed E-state index contributed by atoms with van der Waals surface area (Å²) in [7, 11) is 0. The number of hydrogen-bond acceptors (Lipinski definition) is 3. The van der Waals surface area contributed by atoms with E-state index in [1.165, 1.54) is 5.56 Å². The summed E-state index contributed by atoms with van der Waals surface area (Å²) in [4.78, 5) is 13.3. The number of aromatic hydroxyl groups is 1. The second-order valence-corrected chi connectivity index (χ2v) is 9.31. The first-order valence-electron chi connectivity index (χ1n) is 10.6. The number of phenolic OH excluding ortho intramolecular Hbond substituents is 1. The number of ketones is 1. The Morgan fingerprint density at radius 2 is 1.86 bits per heavy atom. The molecule has 2 fully saturated rings. The standard InChI is InChI=1S/C25H28O3/c1-25-12-11-19-18(21(25)9-10-22(25)27)8-7-16-13-17(26)14-20(23(16)19)24(28)15-5-3-2-4-6-15/h2-6,13-14,18-19,21-22,26-27H,7-12H2,1H3/t18-,19+,21+,22+,25+/m1/s1. The molecule has 2 N–H and O–H groups in total. The van der Waals surface area contributed by atoms with Gasteiger partial charge in [-0.2, -0.15) is 0 Å². The summed E-state index contributed by atoms with van der Waals surface area (Å²) in [6.07, 6.45) is 5.83. The third kappa shape index (κ3) is 2.56. The zero-order chi connectivity index (χ0) is 19.5. The van der Waals surface area contributed by atoms with Gasteiger partial charge >= 0.3 is 0 Å². The van der Waals surface area contributed by atoms with Crippen molar-refractivity contribution in [2.24, 2.45) is 17.3 Å². The van der Waals surface area contributed by atoms with Crippen LogP contribution < -0.4 is 0 Å². The molecule has 5 rings (SSSR count). The van der Waals surface area contributed by atoms with Crippen LogP contribution >= 0.6 is 0 Å². The number of hydrogen-bond donors (Lipinski definition) is 2. The zero-order valence-electron chi connectivity index (χ0n) is 16.4. The minimum absolute atomic E-state index is 0.00759. The number of benzene rings is 2. The van der Waals surface area contributed by atoms with Crippen LogP contribution in [0.4, 0.5) is 0 Å². The predicted molar refractivity (Wildman–Crippen MR) is 109 cm³/mol.